The summed E-state index contributed by atoms with van der Waals surface area (Å²) in [6.45, 7) is 0. The van der Waals surface area contributed by atoms with Crippen LogP contribution < -0.4 is 5.56 Å². The minimum atomic E-state index is -0.370. The summed E-state index contributed by atoms with van der Waals surface area (Å²) >= 11 is 6.90. The molecule has 1 N–H and O–H groups in total. The van der Waals surface area contributed by atoms with Gasteiger partial charge in [-0.3, -0.25) is 4.79 Å². The summed E-state index contributed by atoms with van der Waals surface area (Å²) in [6.07, 6.45) is 4.51. The van der Waals surface area contributed by atoms with E-state index in [-0.39, 0.29) is 10.6 Å². The Kier molecular flexibility index (Phi) is 2.98. The number of halogens is 1. The van der Waals surface area contributed by atoms with E-state index in [1.807, 2.05) is 0 Å². The maximum absolute atomic E-state index is 11.1. The number of hydrogen-bond acceptors (Lipinski definition) is 5. The van der Waals surface area contributed by atoms with E-state index >= 15 is 0 Å². The predicted octanol–water partition coefficient (Wildman–Crippen LogP) is 1.36. The highest BCUT2D eigenvalue weighted by Gasteiger charge is 2.08. The molecule has 0 aliphatic heterocycles. The van der Waals surface area contributed by atoms with E-state index in [4.69, 9.17) is 11.6 Å². The first-order chi connectivity index (χ1) is 7.27. The minimum Gasteiger partial charge on any atom is -0.312 e. The van der Waals surface area contributed by atoms with Crippen LogP contribution in [0.4, 0.5) is 0 Å². The molecule has 0 fully saturated rings. The van der Waals surface area contributed by atoms with Crippen LogP contribution in [0.5, 0.6) is 0 Å². The Bertz CT molecular complexity index is 516. The average Bonchev–Trinajstić information content (AvgIpc) is 2.26. The van der Waals surface area contributed by atoms with Crippen LogP contribution >= 0.6 is 23.4 Å². The van der Waals surface area contributed by atoms with Gasteiger partial charge in [0.25, 0.3) is 5.56 Å². The number of H-pyrrole nitrogens is 1. The van der Waals surface area contributed by atoms with Crippen molar-refractivity contribution in [2.24, 2.45) is 0 Å². The first-order valence-corrected chi connectivity index (χ1v) is 5.15. The van der Waals surface area contributed by atoms with Crippen molar-refractivity contribution >= 4 is 23.4 Å². The molecule has 76 valence electrons. The van der Waals surface area contributed by atoms with Crippen LogP contribution in [-0.2, 0) is 0 Å². The molecule has 0 bridgehead atoms. The van der Waals surface area contributed by atoms with Crippen molar-refractivity contribution in [3.8, 4) is 0 Å². The smallest absolute Gasteiger partial charge is 0.270 e. The van der Waals surface area contributed by atoms with Gasteiger partial charge in [-0.05, 0) is 17.8 Å². The third-order valence-electron chi connectivity index (χ3n) is 1.49. The molecule has 0 aliphatic carbocycles. The molecule has 0 saturated carbocycles. The maximum Gasteiger partial charge on any atom is 0.270 e. The van der Waals surface area contributed by atoms with Crippen molar-refractivity contribution in [2.75, 3.05) is 0 Å². The standard InChI is InChI=1S/C8H5ClN4OS/c9-5-6(14)12-4-13-7(5)15-8-10-2-1-3-11-8/h1-4H,(H,12,13,14). The Morgan fingerprint density at radius 3 is 2.73 bits per heavy atom. The Hall–Kier alpha value is -1.40. The largest absolute Gasteiger partial charge is 0.312 e. The summed E-state index contributed by atoms with van der Waals surface area (Å²) in [5.41, 5.74) is -0.370. The number of nitrogens with one attached hydrogen (secondary N) is 1. The van der Waals surface area contributed by atoms with Crippen LogP contribution in [0.3, 0.4) is 0 Å². The average molecular weight is 241 g/mol. The van der Waals surface area contributed by atoms with Crippen LogP contribution in [0.1, 0.15) is 0 Å². The number of hydrogen-bond donors (Lipinski definition) is 1. The van der Waals surface area contributed by atoms with Crippen LogP contribution in [0.15, 0.2) is 39.8 Å². The fourth-order valence-corrected chi connectivity index (χ4v) is 1.77. The van der Waals surface area contributed by atoms with E-state index in [0.29, 0.717) is 10.2 Å². The van der Waals surface area contributed by atoms with Crippen LogP contribution in [0, 0.1) is 0 Å². The number of aromatic nitrogens is 4. The number of rotatable bonds is 2. The van der Waals surface area contributed by atoms with Crippen molar-refractivity contribution in [3.63, 3.8) is 0 Å². The highest BCUT2D eigenvalue weighted by molar-refractivity contribution is 7.99. The lowest BCUT2D eigenvalue weighted by Gasteiger charge is -1.99. The zero-order valence-corrected chi connectivity index (χ0v) is 8.92. The van der Waals surface area contributed by atoms with Crippen molar-refractivity contribution in [1.29, 1.82) is 0 Å². The monoisotopic (exact) mass is 240 g/mol. The zero-order chi connectivity index (χ0) is 10.7. The summed E-state index contributed by atoms with van der Waals surface area (Å²) in [5, 5.41) is 0.944. The molecule has 0 unspecified atom stereocenters. The molecule has 0 aliphatic rings. The molecule has 7 heteroatoms. The van der Waals surface area contributed by atoms with Crippen molar-refractivity contribution in [1.82, 2.24) is 19.9 Å². The SMILES string of the molecule is O=c1[nH]cnc(Sc2ncccn2)c1Cl. The first kappa shape index (κ1) is 10.1. The highest BCUT2D eigenvalue weighted by Crippen LogP contribution is 2.25. The summed E-state index contributed by atoms with van der Waals surface area (Å²) in [7, 11) is 0. The van der Waals surface area contributed by atoms with E-state index in [0.717, 1.165) is 11.8 Å². The first-order valence-electron chi connectivity index (χ1n) is 3.95. The topological polar surface area (TPSA) is 71.5 Å². The number of nitrogens with zero attached hydrogens (tertiary/aromatic N) is 3. The third kappa shape index (κ3) is 2.34. The fourth-order valence-electron chi connectivity index (χ4n) is 0.862. The molecular formula is C8H5ClN4OS. The molecular weight excluding hydrogens is 236 g/mol. The Balaban J connectivity index is 2.33. The summed E-state index contributed by atoms with van der Waals surface area (Å²) in [4.78, 5) is 25.4. The van der Waals surface area contributed by atoms with Gasteiger partial charge in [0.1, 0.15) is 10.0 Å². The van der Waals surface area contributed by atoms with Gasteiger partial charge in [0, 0.05) is 12.4 Å². The van der Waals surface area contributed by atoms with Gasteiger partial charge < -0.3 is 4.98 Å². The zero-order valence-electron chi connectivity index (χ0n) is 7.35. The molecule has 0 spiro atoms. The molecule has 0 radical (unpaired) electrons. The summed E-state index contributed by atoms with van der Waals surface area (Å²) < 4.78 is 0. The van der Waals surface area contributed by atoms with Crippen molar-refractivity contribution < 1.29 is 0 Å². The van der Waals surface area contributed by atoms with E-state index in [1.54, 1.807) is 18.5 Å². The normalized spacial score (nSPS) is 10.2. The van der Waals surface area contributed by atoms with Gasteiger partial charge in [0.2, 0.25) is 0 Å². The maximum atomic E-state index is 11.1. The van der Waals surface area contributed by atoms with E-state index in [1.165, 1.54) is 6.33 Å². The van der Waals surface area contributed by atoms with Gasteiger partial charge in [0.15, 0.2) is 5.16 Å². The van der Waals surface area contributed by atoms with Crippen LogP contribution in [0.25, 0.3) is 0 Å². The van der Waals surface area contributed by atoms with Crippen molar-refractivity contribution in [3.05, 3.63) is 40.2 Å². The van der Waals surface area contributed by atoms with E-state index in [2.05, 4.69) is 19.9 Å². The predicted molar refractivity (Wildman–Crippen MR) is 56.0 cm³/mol. The van der Waals surface area contributed by atoms with Gasteiger partial charge in [-0.25, -0.2) is 15.0 Å². The van der Waals surface area contributed by atoms with Gasteiger partial charge in [-0.1, -0.05) is 11.6 Å². The minimum absolute atomic E-state index is 0.0509. The lowest BCUT2D eigenvalue weighted by Crippen LogP contribution is -2.07. The lowest BCUT2D eigenvalue weighted by atomic mass is 10.7. The molecule has 0 amide bonds. The van der Waals surface area contributed by atoms with Crippen LogP contribution in [0.2, 0.25) is 5.02 Å². The van der Waals surface area contributed by atoms with E-state index in [9.17, 15) is 4.79 Å². The molecule has 2 aromatic rings. The molecule has 2 rings (SSSR count). The second-order valence-corrected chi connectivity index (χ2v) is 3.82. The molecule has 0 aromatic carbocycles. The Morgan fingerprint density at radius 2 is 2.00 bits per heavy atom. The second kappa shape index (κ2) is 4.41. The van der Waals surface area contributed by atoms with Gasteiger partial charge in [-0.2, -0.15) is 0 Å². The molecule has 2 aromatic heterocycles. The summed E-state index contributed by atoms with van der Waals surface area (Å²) in [6, 6.07) is 1.71. The fraction of sp³-hybridized carbons (Fsp3) is 0. The Labute approximate surface area is 94.0 Å². The van der Waals surface area contributed by atoms with Crippen molar-refractivity contribution in [2.45, 2.75) is 10.2 Å². The molecule has 2 heterocycles. The summed E-state index contributed by atoms with van der Waals surface area (Å²) in [5.74, 6) is 0. The second-order valence-electron chi connectivity index (χ2n) is 2.48. The quantitative estimate of drug-likeness (QED) is 0.634. The van der Waals surface area contributed by atoms with Gasteiger partial charge >= 0.3 is 0 Å². The van der Waals surface area contributed by atoms with Gasteiger partial charge in [0.05, 0.1) is 6.33 Å². The van der Waals surface area contributed by atoms with Crippen LogP contribution in [-0.4, -0.2) is 19.9 Å². The molecule has 5 nitrogen and oxygen atoms in total. The van der Waals surface area contributed by atoms with Gasteiger partial charge in [-0.15, -0.1) is 0 Å². The lowest BCUT2D eigenvalue weighted by molar-refractivity contribution is 0.951. The molecule has 0 atom stereocenters. The third-order valence-corrected chi connectivity index (χ3v) is 2.85. The number of aromatic amines is 1. The Morgan fingerprint density at radius 1 is 1.27 bits per heavy atom. The van der Waals surface area contributed by atoms with E-state index < -0.39 is 0 Å². The molecule has 15 heavy (non-hydrogen) atoms. The molecule has 0 saturated heterocycles. The highest BCUT2D eigenvalue weighted by atomic mass is 35.5.